The number of piperazine rings is 1. The van der Waals surface area contributed by atoms with Crippen LogP contribution in [0.4, 0.5) is 8.78 Å². The van der Waals surface area contributed by atoms with Crippen molar-refractivity contribution in [2.75, 3.05) is 26.2 Å². The number of halogens is 2. The molecule has 0 saturated carbocycles. The second-order valence-electron chi connectivity index (χ2n) is 5.46. The molecule has 0 bridgehead atoms. The molecule has 1 aromatic rings. The minimum Gasteiger partial charge on any atom is -0.314 e. The van der Waals surface area contributed by atoms with Gasteiger partial charge in [0.25, 0.3) is 0 Å². The summed E-state index contributed by atoms with van der Waals surface area (Å²) in [4.78, 5) is 2.32. The zero-order valence-corrected chi connectivity index (χ0v) is 12.2. The average Bonchev–Trinajstić information content (AvgIpc) is 2.46. The molecular weight excluding hydrogens is 258 g/mol. The number of nitrogens with zero attached hydrogens (tertiary/aromatic N) is 1. The first-order valence-electron chi connectivity index (χ1n) is 7.62. The predicted octanol–water partition coefficient (Wildman–Crippen LogP) is 3.49. The average molecular weight is 282 g/mol. The largest absolute Gasteiger partial charge is 0.314 e. The van der Waals surface area contributed by atoms with Gasteiger partial charge in [0.05, 0.1) is 0 Å². The highest BCUT2D eigenvalue weighted by atomic mass is 19.1. The van der Waals surface area contributed by atoms with E-state index in [4.69, 9.17) is 0 Å². The van der Waals surface area contributed by atoms with Gasteiger partial charge in [-0.05, 0) is 12.5 Å². The Morgan fingerprint density at radius 1 is 1.20 bits per heavy atom. The van der Waals surface area contributed by atoms with Crippen LogP contribution < -0.4 is 5.32 Å². The SMILES string of the molecule is CCCCC[C@H](c1ccc(F)cc1F)N1CCNCC1. The Morgan fingerprint density at radius 3 is 2.60 bits per heavy atom. The summed E-state index contributed by atoms with van der Waals surface area (Å²) in [5.74, 6) is -0.913. The van der Waals surface area contributed by atoms with Gasteiger partial charge >= 0.3 is 0 Å². The van der Waals surface area contributed by atoms with Gasteiger partial charge in [-0.3, -0.25) is 4.90 Å². The van der Waals surface area contributed by atoms with Crippen LogP contribution in [0.1, 0.15) is 44.2 Å². The minimum absolute atomic E-state index is 0.0734. The lowest BCUT2D eigenvalue weighted by Crippen LogP contribution is -2.45. The van der Waals surface area contributed by atoms with Gasteiger partial charge in [-0.15, -0.1) is 0 Å². The minimum atomic E-state index is -0.501. The maximum absolute atomic E-state index is 14.1. The highest BCUT2D eigenvalue weighted by molar-refractivity contribution is 5.22. The van der Waals surface area contributed by atoms with Crippen molar-refractivity contribution in [1.82, 2.24) is 10.2 Å². The van der Waals surface area contributed by atoms with Gasteiger partial charge in [0.2, 0.25) is 0 Å². The molecule has 112 valence electrons. The molecule has 0 unspecified atom stereocenters. The molecule has 20 heavy (non-hydrogen) atoms. The Kier molecular flexibility index (Phi) is 5.92. The molecule has 2 nitrogen and oxygen atoms in total. The van der Waals surface area contributed by atoms with Gasteiger partial charge in [-0.25, -0.2) is 8.78 Å². The van der Waals surface area contributed by atoms with Crippen LogP contribution in [0.3, 0.4) is 0 Å². The molecule has 1 atom stereocenters. The van der Waals surface area contributed by atoms with E-state index in [1.165, 1.54) is 6.07 Å². The molecule has 0 aromatic heterocycles. The highest BCUT2D eigenvalue weighted by Crippen LogP contribution is 2.29. The maximum atomic E-state index is 14.1. The quantitative estimate of drug-likeness (QED) is 0.803. The molecule has 4 heteroatoms. The standard InChI is InChI=1S/C16H24F2N2/c1-2-3-4-5-16(20-10-8-19-9-11-20)14-7-6-13(17)12-15(14)18/h6-7,12,16,19H,2-5,8-11H2,1H3/t16-/m1/s1. The molecule has 1 fully saturated rings. The summed E-state index contributed by atoms with van der Waals surface area (Å²) in [5.41, 5.74) is 0.643. The van der Waals surface area contributed by atoms with E-state index in [2.05, 4.69) is 17.1 Å². The third kappa shape index (κ3) is 4.00. The summed E-state index contributed by atoms with van der Waals surface area (Å²) in [6, 6.07) is 4.06. The van der Waals surface area contributed by atoms with Gasteiger partial charge in [0.15, 0.2) is 0 Å². The number of hydrogen-bond donors (Lipinski definition) is 1. The zero-order valence-electron chi connectivity index (χ0n) is 12.2. The van der Waals surface area contributed by atoms with E-state index in [-0.39, 0.29) is 6.04 Å². The van der Waals surface area contributed by atoms with E-state index in [9.17, 15) is 8.78 Å². The number of unbranched alkanes of at least 4 members (excludes halogenated alkanes) is 2. The van der Waals surface area contributed by atoms with Crippen LogP contribution in [0.15, 0.2) is 18.2 Å². The van der Waals surface area contributed by atoms with Gasteiger partial charge in [-0.1, -0.05) is 32.3 Å². The molecule has 1 aliphatic heterocycles. The maximum Gasteiger partial charge on any atom is 0.130 e. The number of hydrogen-bond acceptors (Lipinski definition) is 2. The number of nitrogens with one attached hydrogen (secondary N) is 1. The Morgan fingerprint density at radius 2 is 1.95 bits per heavy atom. The van der Waals surface area contributed by atoms with Crippen LogP contribution in [0.5, 0.6) is 0 Å². The van der Waals surface area contributed by atoms with Crippen molar-refractivity contribution in [3.8, 4) is 0 Å². The molecule has 0 radical (unpaired) electrons. The van der Waals surface area contributed by atoms with Gasteiger partial charge in [-0.2, -0.15) is 0 Å². The summed E-state index contributed by atoms with van der Waals surface area (Å²) >= 11 is 0. The molecule has 1 heterocycles. The normalized spacial score (nSPS) is 18.1. The fourth-order valence-corrected chi connectivity index (χ4v) is 2.89. The van der Waals surface area contributed by atoms with Crippen molar-refractivity contribution in [3.63, 3.8) is 0 Å². The smallest absolute Gasteiger partial charge is 0.130 e. The van der Waals surface area contributed by atoms with Crippen LogP contribution in [-0.4, -0.2) is 31.1 Å². The lowest BCUT2D eigenvalue weighted by Gasteiger charge is -2.35. The summed E-state index contributed by atoms with van der Waals surface area (Å²) in [7, 11) is 0. The monoisotopic (exact) mass is 282 g/mol. The third-order valence-electron chi connectivity index (χ3n) is 3.99. The van der Waals surface area contributed by atoms with Crippen LogP contribution >= 0.6 is 0 Å². The fraction of sp³-hybridized carbons (Fsp3) is 0.625. The predicted molar refractivity (Wildman–Crippen MR) is 77.7 cm³/mol. The summed E-state index contributed by atoms with van der Waals surface area (Å²) in [6.07, 6.45) is 4.34. The molecule has 1 N–H and O–H groups in total. The van der Waals surface area contributed by atoms with Crippen molar-refractivity contribution in [2.45, 2.75) is 38.6 Å². The van der Waals surface area contributed by atoms with Crippen molar-refractivity contribution >= 4 is 0 Å². The third-order valence-corrected chi connectivity index (χ3v) is 3.99. The highest BCUT2D eigenvalue weighted by Gasteiger charge is 2.24. The van der Waals surface area contributed by atoms with Crippen LogP contribution in [0.25, 0.3) is 0 Å². The molecule has 1 aliphatic rings. The van der Waals surface area contributed by atoms with Crippen LogP contribution in [-0.2, 0) is 0 Å². The first kappa shape index (κ1) is 15.4. The number of rotatable bonds is 6. The molecular formula is C16H24F2N2. The van der Waals surface area contributed by atoms with E-state index >= 15 is 0 Å². The van der Waals surface area contributed by atoms with E-state index in [0.29, 0.717) is 5.56 Å². The Balaban J connectivity index is 2.15. The zero-order chi connectivity index (χ0) is 14.4. The van der Waals surface area contributed by atoms with Gasteiger partial charge < -0.3 is 5.32 Å². The topological polar surface area (TPSA) is 15.3 Å². The molecule has 0 amide bonds. The van der Waals surface area contributed by atoms with E-state index in [1.807, 2.05) is 0 Å². The van der Waals surface area contributed by atoms with Gasteiger partial charge in [0.1, 0.15) is 11.6 Å². The second-order valence-corrected chi connectivity index (χ2v) is 5.46. The van der Waals surface area contributed by atoms with Crippen molar-refractivity contribution < 1.29 is 8.78 Å². The molecule has 1 aromatic carbocycles. The first-order valence-corrected chi connectivity index (χ1v) is 7.62. The second kappa shape index (κ2) is 7.70. The van der Waals surface area contributed by atoms with E-state index in [0.717, 1.165) is 57.9 Å². The van der Waals surface area contributed by atoms with E-state index < -0.39 is 11.6 Å². The van der Waals surface area contributed by atoms with E-state index in [1.54, 1.807) is 6.07 Å². The summed E-state index contributed by atoms with van der Waals surface area (Å²) in [6.45, 7) is 5.89. The van der Waals surface area contributed by atoms with Crippen LogP contribution in [0.2, 0.25) is 0 Å². The fourth-order valence-electron chi connectivity index (χ4n) is 2.89. The van der Waals surface area contributed by atoms with Crippen molar-refractivity contribution in [3.05, 3.63) is 35.4 Å². The first-order chi connectivity index (χ1) is 9.72. The van der Waals surface area contributed by atoms with Gasteiger partial charge in [0, 0.05) is 43.9 Å². The Labute approximate surface area is 120 Å². The summed E-state index contributed by atoms with van der Waals surface area (Å²) in [5, 5.41) is 3.32. The Bertz CT molecular complexity index is 417. The molecule has 2 rings (SSSR count). The van der Waals surface area contributed by atoms with Crippen LogP contribution in [0, 0.1) is 11.6 Å². The number of benzene rings is 1. The lowest BCUT2D eigenvalue weighted by atomic mass is 9.97. The molecule has 0 spiro atoms. The van der Waals surface area contributed by atoms with Crippen molar-refractivity contribution in [1.29, 1.82) is 0 Å². The lowest BCUT2D eigenvalue weighted by molar-refractivity contribution is 0.159. The molecule has 1 saturated heterocycles. The Hall–Kier alpha value is -1.00. The summed E-state index contributed by atoms with van der Waals surface area (Å²) < 4.78 is 27.2. The van der Waals surface area contributed by atoms with Crippen molar-refractivity contribution in [2.24, 2.45) is 0 Å². The molecule has 0 aliphatic carbocycles.